The summed E-state index contributed by atoms with van der Waals surface area (Å²) in [6, 6.07) is 3.85. The van der Waals surface area contributed by atoms with E-state index in [1.54, 1.807) is 6.20 Å². The molecule has 0 aromatic carbocycles. The van der Waals surface area contributed by atoms with Crippen LogP contribution in [0.3, 0.4) is 0 Å². The molecule has 2 aromatic rings. The Hall–Kier alpha value is -1.89. The number of pyridine rings is 1. The number of hydrogen-bond acceptors (Lipinski definition) is 5. The Morgan fingerprint density at radius 2 is 2.20 bits per heavy atom. The average molecular weight is 292 g/mol. The number of nitrogens with zero attached hydrogens (tertiary/aromatic N) is 4. The number of carbonyl (C=O) groups is 1. The van der Waals surface area contributed by atoms with Crippen molar-refractivity contribution in [2.45, 2.75) is 31.8 Å². The molecule has 0 spiro atoms. The van der Waals surface area contributed by atoms with Gasteiger partial charge in [0.05, 0.1) is 17.6 Å². The molecule has 0 fully saturated rings. The highest BCUT2D eigenvalue weighted by atomic mass is 32.2. The van der Waals surface area contributed by atoms with Crippen LogP contribution in [0.15, 0.2) is 23.5 Å². The number of rotatable bonds is 6. The largest absolute Gasteiger partial charge is 0.481 e. The zero-order valence-electron chi connectivity index (χ0n) is 11.4. The van der Waals surface area contributed by atoms with E-state index in [1.807, 2.05) is 23.6 Å². The van der Waals surface area contributed by atoms with Gasteiger partial charge < -0.3 is 5.11 Å². The van der Waals surface area contributed by atoms with E-state index in [1.165, 1.54) is 0 Å². The molecule has 2 rings (SSSR count). The summed E-state index contributed by atoms with van der Waals surface area (Å²) in [5.41, 5.74) is 1.79. The molecule has 20 heavy (non-hydrogen) atoms. The maximum absolute atomic E-state index is 10.7. The van der Waals surface area contributed by atoms with Crippen molar-refractivity contribution in [2.75, 3.05) is 5.75 Å². The number of carboxylic acids is 1. The van der Waals surface area contributed by atoms with Crippen LogP contribution in [-0.2, 0) is 11.2 Å². The molecule has 0 aliphatic heterocycles. The lowest BCUT2D eigenvalue weighted by Crippen LogP contribution is -2.05. The Morgan fingerprint density at radius 3 is 2.80 bits per heavy atom. The summed E-state index contributed by atoms with van der Waals surface area (Å²) in [7, 11) is 0. The molecule has 0 atom stereocenters. The summed E-state index contributed by atoms with van der Waals surface area (Å²) >= 11 is 1.16. The molecule has 0 radical (unpaired) electrons. The number of aliphatic carboxylic acids is 1. The van der Waals surface area contributed by atoms with Crippen molar-refractivity contribution in [1.29, 1.82) is 0 Å². The number of carboxylic acid groups (broad SMARTS) is 1. The van der Waals surface area contributed by atoms with Gasteiger partial charge >= 0.3 is 5.97 Å². The fourth-order valence-corrected chi connectivity index (χ4v) is 2.45. The first-order valence-corrected chi connectivity index (χ1v) is 7.32. The molecule has 106 valence electrons. The molecule has 1 N–H and O–H groups in total. The molecule has 0 saturated carbocycles. The van der Waals surface area contributed by atoms with Gasteiger partial charge in [0.1, 0.15) is 5.82 Å². The van der Waals surface area contributed by atoms with Crippen LogP contribution in [0, 0.1) is 6.92 Å². The Kier molecular flexibility index (Phi) is 4.73. The van der Waals surface area contributed by atoms with E-state index in [2.05, 4.69) is 22.1 Å². The second-order valence-corrected chi connectivity index (χ2v) is 5.27. The molecule has 0 bridgehead atoms. The number of thioether (sulfide) groups is 1. The van der Waals surface area contributed by atoms with Gasteiger partial charge in [0, 0.05) is 12.1 Å². The Morgan fingerprint density at radius 1 is 1.40 bits per heavy atom. The smallest absolute Gasteiger partial charge is 0.313 e. The van der Waals surface area contributed by atoms with E-state index >= 15 is 0 Å². The van der Waals surface area contributed by atoms with E-state index in [0.29, 0.717) is 5.16 Å². The third-order valence-corrected chi connectivity index (χ3v) is 3.57. The van der Waals surface area contributed by atoms with Gasteiger partial charge in [-0.05, 0) is 25.5 Å². The summed E-state index contributed by atoms with van der Waals surface area (Å²) in [5.74, 6) is -0.0848. The van der Waals surface area contributed by atoms with Crippen molar-refractivity contribution in [3.05, 3.63) is 29.8 Å². The monoisotopic (exact) mass is 292 g/mol. The highest BCUT2D eigenvalue weighted by Crippen LogP contribution is 2.22. The van der Waals surface area contributed by atoms with Crippen molar-refractivity contribution in [2.24, 2.45) is 0 Å². The van der Waals surface area contributed by atoms with Gasteiger partial charge in [0.2, 0.25) is 0 Å². The second-order valence-electron chi connectivity index (χ2n) is 4.32. The van der Waals surface area contributed by atoms with Crippen LogP contribution in [0.5, 0.6) is 0 Å². The fourth-order valence-electron chi connectivity index (χ4n) is 1.76. The van der Waals surface area contributed by atoms with Crippen molar-refractivity contribution >= 4 is 17.7 Å². The van der Waals surface area contributed by atoms with Gasteiger partial charge in [-0.15, -0.1) is 10.2 Å². The number of aryl methyl sites for hydroxylation is 2. The molecule has 0 aliphatic rings. The Bertz CT molecular complexity index is 595. The molecule has 6 nitrogen and oxygen atoms in total. The first-order valence-electron chi connectivity index (χ1n) is 6.33. The zero-order valence-corrected chi connectivity index (χ0v) is 12.2. The van der Waals surface area contributed by atoms with E-state index < -0.39 is 5.97 Å². The van der Waals surface area contributed by atoms with Crippen LogP contribution in [-0.4, -0.2) is 36.6 Å². The van der Waals surface area contributed by atoms with Crippen LogP contribution >= 0.6 is 11.8 Å². The lowest BCUT2D eigenvalue weighted by molar-refractivity contribution is -0.133. The van der Waals surface area contributed by atoms with Crippen molar-refractivity contribution in [3.63, 3.8) is 0 Å². The summed E-state index contributed by atoms with van der Waals surface area (Å²) in [6.45, 7) is 3.99. The van der Waals surface area contributed by atoms with E-state index in [9.17, 15) is 4.79 Å². The molecular weight excluding hydrogens is 276 g/mol. The van der Waals surface area contributed by atoms with Crippen molar-refractivity contribution < 1.29 is 9.90 Å². The second kappa shape index (κ2) is 6.51. The fraction of sp³-hybridized carbons (Fsp3) is 0.385. The maximum Gasteiger partial charge on any atom is 0.313 e. The van der Waals surface area contributed by atoms with Gasteiger partial charge in [0.25, 0.3) is 0 Å². The van der Waals surface area contributed by atoms with Crippen molar-refractivity contribution in [1.82, 2.24) is 19.7 Å². The van der Waals surface area contributed by atoms with Crippen LogP contribution < -0.4 is 0 Å². The highest BCUT2D eigenvalue weighted by molar-refractivity contribution is 7.99. The predicted octanol–water partition coefficient (Wildman–Crippen LogP) is 2.10. The van der Waals surface area contributed by atoms with Crippen molar-refractivity contribution in [3.8, 4) is 5.69 Å². The molecule has 0 saturated heterocycles. The van der Waals surface area contributed by atoms with Crippen LogP contribution in [0.25, 0.3) is 5.69 Å². The molecule has 0 unspecified atom stereocenters. The summed E-state index contributed by atoms with van der Waals surface area (Å²) in [6.07, 6.45) is 3.48. The van der Waals surface area contributed by atoms with Gasteiger partial charge in [0.15, 0.2) is 5.16 Å². The molecule has 0 amide bonds. The molecule has 0 aliphatic carbocycles. The van der Waals surface area contributed by atoms with Gasteiger partial charge in [-0.1, -0.05) is 18.7 Å². The predicted molar refractivity (Wildman–Crippen MR) is 76.2 cm³/mol. The maximum atomic E-state index is 10.7. The minimum absolute atomic E-state index is 0.0381. The Labute approximate surface area is 121 Å². The quantitative estimate of drug-likeness (QED) is 0.821. The zero-order chi connectivity index (χ0) is 14.5. The van der Waals surface area contributed by atoms with Crippen LogP contribution in [0.1, 0.15) is 24.9 Å². The third-order valence-electron chi connectivity index (χ3n) is 2.65. The first kappa shape index (κ1) is 14.5. The number of hydrogen-bond donors (Lipinski definition) is 1. The normalized spacial score (nSPS) is 10.7. The van der Waals surface area contributed by atoms with Crippen LogP contribution in [0.2, 0.25) is 0 Å². The number of aromatic nitrogens is 4. The first-order chi connectivity index (χ1) is 9.61. The van der Waals surface area contributed by atoms with Crippen LogP contribution in [0.4, 0.5) is 0 Å². The highest BCUT2D eigenvalue weighted by Gasteiger charge is 2.15. The van der Waals surface area contributed by atoms with Gasteiger partial charge in [-0.3, -0.25) is 14.3 Å². The van der Waals surface area contributed by atoms with Gasteiger partial charge in [-0.2, -0.15) is 0 Å². The van der Waals surface area contributed by atoms with E-state index in [0.717, 1.165) is 41.8 Å². The minimum atomic E-state index is -0.872. The SMILES string of the molecule is CCCc1nnc(SCC(=O)O)n1-c1ccc(C)nc1. The molecule has 7 heteroatoms. The standard InChI is InChI=1S/C13H16N4O2S/c1-3-4-11-15-16-13(20-8-12(18)19)17(11)10-6-5-9(2)14-7-10/h5-7H,3-4,8H2,1-2H3,(H,18,19). The topological polar surface area (TPSA) is 80.9 Å². The lowest BCUT2D eigenvalue weighted by Gasteiger charge is -2.09. The summed E-state index contributed by atoms with van der Waals surface area (Å²) < 4.78 is 1.88. The summed E-state index contributed by atoms with van der Waals surface area (Å²) in [5, 5.41) is 17.6. The third kappa shape index (κ3) is 3.36. The summed E-state index contributed by atoms with van der Waals surface area (Å²) in [4.78, 5) is 15.0. The average Bonchev–Trinajstić information content (AvgIpc) is 2.81. The lowest BCUT2D eigenvalue weighted by atomic mass is 10.3. The minimum Gasteiger partial charge on any atom is -0.481 e. The van der Waals surface area contributed by atoms with E-state index in [-0.39, 0.29) is 5.75 Å². The van der Waals surface area contributed by atoms with Gasteiger partial charge in [-0.25, -0.2) is 0 Å². The Balaban J connectivity index is 2.38. The van der Waals surface area contributed by atoms with E-state index in [4.69, 9.17) is 5.11 Å². The molecule has 2 aromatic heterocycles. The molecule has 2 heterocycles. The molecular formula is C13H16N4O2S.